The molecule has 0 aliphatic carbocycles. The molecule has 0 bridgehead atoms. The number of benzene rings is 2. The summed E-state index contributed by atoms with van der Waals surface area (Å²) in [6.45, 7) is 0.713. The average molecular weight is 336 g/mol. The van der Waals surface area contributed by atoms with E-state index in [0.717, 1.165) is 17.7 Å². The van der Waals surface area contributed by atoms with Crippen LogP contribution in [0.4, 0.5) is 10.8 Å². The lowest BCUT2D eigenvalue weighted by molar-refractivity contribution is -0.117. The standard InChI is InChI=1S/C18H16N4OS/c23-17-15(11-12-22(17)14-9-5-2-6-10-14)19-18-20-16(21-24-18)13-7-3-1-4-8-13/h1-10,15H,11-12H2,(H,19,20,21). The normalized spacial score (nSPS) is 17.2. The lowest BCUT2D eigenvalue weighted by atomic mass is 10.2. The summed E-state index contributed by atoms with van der Waals surface area (Å²) in [6, 6.07) is 19.3. The van der Waals surface area contributed by atoms with E-state index in [9.17, 15) is 4.79 Å². The second-order valence-corrected chi connectivity index (χ2v) is 6.35. The van der Waals surface area contributed by atoms with Crippen LogP contribution < -0.4 is 10.2 Å². The van der Waals surface area contributed by atoms with Crippen molar-refractivity contribution in [1.82, 2.24) is 9.36 Å². The maximum absolute atomic E-state index is 12.6. The van der Waals surface area contributed by atoms with E-state index in [1.807, 2.05) is 65.6 Å². The summed E-state index contributed by atoms with van der Waals surface area (Å²) >= 11 is 1.29. The van der Waals surface area contributed by atoms with Crippen LogP contribution in [0.1, 0.15) is 6.42 Å². The van der Waals surface area contributed by atoms with Crippen LogP contribution in [0.5, 0.6) is 0 Å². The number of rotatable bonds is 4. The molecule has 1 amide bonds. The Morgan fingerprint density at radius 3 is 2.50 bits per heavy atom. The van der Waals surface area contributed by atoms with Gasteiger partial charge in [0, 0.05) is 29.3 Å². The molecule has 2 aromatic carbocycles. The van der Waals surface area contributed by atoms with Crippen molar-refractivity contribution >= 4 is 28.3 Å². The molecule has 0 spiro atoms. The summed E-state index contributed by atoms with van der Waals surface area (Å²) in [4.78, 5) is 18.9. The van der Waals surface area contributed by atoms with E-state index >= 15 is 0 Å². The maximum Gasteiger partial charge on any atom is 0.249 e. The zero-order valence-corrected chi connectivity index (χ0v) is 13.7. The predicted molar refractivity (Wildman–Crippen MR) is 96.2 cm³/mol. The summed E-state index contributed by atoms with van der Waals surface area (Å²) < 4.78 is 4.37. The largest absolute Gasteiger partial charge is 0.348 e. The topological polar surface area (TPSA) is 58.1 Å². The number of carbonyl (C=O) groups is 1. The molecule has 1 atom stereocenters. The molecule has 1 N–H and O–H groups in total. The average Bonchev–Trinajstić information content (AvgIpc) is 3.25. The number of nitrogens with zero attached hydrogens (tertiary/aromatic N) is 3. The lowest BCUT2D eigenvalue weighted by Gasteiger charge is -2.16. The Bertz CT molecular complexity index is 834. The van der Waals surface area contributed by atoms with Crippen molar-refractivity contribution in [3.63, 3.8) is 0 Å². The molecule has 1 aliphatic rings. The SMILES string of the molecule is O=C1C(Nc2nc(-c3ccccc3)ns2)CCN1c1ccccc1. The first kappa shape index (κ1) is 14.8. The van der Waals surface area contributed by atoms with Crippen molar-refractivity contribution in [2.75, 3.05) is 16.8 Å². The van der Waals surface area contributed by atoms with E-state index in [2.05, 4.69) is 14.7 Å². The molecule has 0 radical (unpaired) electrons. The Hall–Kier alpha value is -2.73. The number of nitrogens with one attached hydrogen (secondary N) is 1. The lowest BCUT2D eigenvalue weighted by Crippen LogP contribution is -2.33. The van der Waals surface area contributed by atoms with Gasteiger partial charge in [-0.25, -0.2) is 0 Å². The van der Waals surface area contributed by atoms with Gasteiger partial charge in [-0.1, -0.05) is 48.5 Å². The van der Waals surface area contributed by atoms with Gasteiger partial charge < -0.3 is 10.2 Å². The van der Waals surface area contributed by atoms with Crippen LogP contribution in [0.2, 0.25) is 0 Å². The first-order valence-electron chi connectivity index (χ1n) is 7.83. The van der Waals surface area contributed by atoms with E-state index in [-0.39, 0.29) is 11.9 Å². The van der Waals surface area contributed by atoms with Crippen molar-refractivity contribution in [2.24, 2.45) is 0 Å². The van der Waals surface area contributed by atoms with Gasteiger partial charge in [0.05, 0.1) is 0 Å². The van der Waals surface area contributed by atoms with Crippen LogP contribution in [0.15, 0.2) is 60.7 Å². The van der Waals surface area contributed by atoms with Crippen molar-refractivity contribution < 1.29 is 4.79 Å². The fraction of sp³-hybridized carbons (Fsp3) is 0.167. The monoisotopic (exact) mass is 336 g/mol. The number of aromatic nitrogens is 2. The molecule has 1 aromatic heterocycles. The van der Waals surface area contributed by atoms with Gasteiger partial charge in [-0.3, -0.25) is 4.79 Å². The summed E-state index contributed by atoms with van der Waals surface area (Å²) in [5, 5.41) is 3.92. The van der Waals surface area contributed by atoms with Crippen LogP contribution in [-0.2, 0) is 4.79 Å². The molecule has 120 valence electrons. The van der Waals surface area contributed by atoms with Crippen LogP contribution in [0.3, 0.4) is 0 Å². The number of amides is 1. The number of hydrogen-bond donors (Lipinski definition) is 1. The van der Waals surface area contributed by atoms with Crippen molar-refractivity contribution in [3.05, 3.63) is 60.7 Å². The Balaban J connectivity index is 1.47. The summed E-state index contributed by atoms with van der Waals surface area (Å²) in [5.74, 6) is 0.770. The Kier molecular flexibility index (Phi) is 3.96. The van der Waals surface area contributed by atoms with E-state index in [1.54, 1.807) is 0 Å². The Morgan fingerprint density at radius 2 is 1.75 bits per heavy atom. The van der Waals surface area contributed by atoms with Gasteiger partial charge >= 0.3 is 0 Å². The van der Waals surface area contributed by atoms with Gasteiger partial charge in [-0.2, -0.15) is 9.36 Å². The quantitative estimate of drug-likeness (QED) is 0.793. The van der Waals surface area contributed by atoms with Crippen molar-refractivity contribution in [2.45, 2.75) is 12.5 Å². The number of hydrogen-bond acceptors (Lipinski definition) is 5. The van der Waals surface area contributed by atoms with Crippen molar-refractivity contribution in [3.8, 4) is 11.4 Å². The van der Waals surface area contributed by atoms with Crippen LogP contribution in [0.25, 0.3) is 11.4 Å². The van der Waals surface area contributed by atoms with E-state index in [4.69, 9.17) is 0 Å². The van der Waals surface area contributed by atoms with Crippen LogP contribution >= 0.6 is 11.5 Å². The number of anilines is 2. The Labute approximate surface area is 144 Å². The summed E-state index contributed by atoms with van der Waals surface area (Å²) in [5.41, 5.74) is 1.92. The molecule has 1 fully saturated rings. The molecular formula is C18H16N4OS. The van der Waals surface area contributed by atoms with Gasteiger partial charge in [0.25, 0.3) is 0 Å². The molecule has 1 aliphatic heterocycles. The fourth-order valence-corrected chi connectivity index (χ4v) is 3.46. The van der Waals surface area contributed by atoms with Crippen LogP contribution in [-0.4, -0.2) is 27.9 Å². The third kappa shape index (κ3) is 2.88. The molecule has 3 aromatic rings. The van der Waals surface area contributed by atoms with Gasteiger partial charge in [-0.05, 0) is 18.6 Å². The van der Waals surface area contributed by atoms with E-state index < -0.39 is 0 Å². The first-order chi connectivity index (χ1) is 11.8. The first-order valence-corrected chi connectivity index (χ1v) is 8.61. The van der Waals surface area contributed by atoms with Crippen molar-refractivity contribution in [1.29, 1.82) is 0 Å². The molecular weight excluding hydrogens is 320 g/mol. The summed E-state index contributed by atoms with van der Waals surface area (Å²) in [7, 11) is 0. The maximum atomic E-state index is 12.6. The van der Waals surface area contributed by atoms with Crippen LogP contribution in [0, 0.1) is 0 Å². The molecule has 1 saturated heterocycles. The third-order valence-corrected chi connectivity index (χ3v) is 4.68. The van der Waals surface area contributed by atoms with E-state index in [0.29, 0.717) is 17.5 Å². The zero-order chi connectivity index (χ0) is 16.4. The van der Waals surface area contributed by atoms with E-state index in [1.165, 1.54) is 11.5 Å². The minimum absolute atomic E-state index is 0.0812. The van der Waals surface area contributed by atoms with Gasteiger partial charge in [0.15, 0.2) is 5.82 Å². The Morgan fingerprint density at radius 1 is 1.04 bits per heavy atom. The molecule has 2 heterocycles. The second kappa shape index (κ2) is 6.41. The van der Waals surface area contributed by atoms with Gasteiger partial charge in [-0.15, -0.1) is 0 Å². The number of para-hydroxylation sites is 1. The number of carbonyl (C=O) groups excluding carboxylic acids is 1. The molecule has 5 nitrogen and oxygen atoms in total. The molecule has 0 saturated carbocycles. The fourth-order valence-electron chi connectivity index (χ4n) is 2.81. The predicted octanol–water partition coefficient (Wildman–Crippen LogP) is 3.42. The highest BCUT2D eigenvalue weighted by molar-refractivity contribution is 7.09. The molecule has 24 heavy (non-hydrogen) atoms. The molecule has 1 unspecified atom stereocenters. The highest BCUT2D eigenvalue weighted by atomic mass is 32.1. The second-order valence-electron chi connectivity index (χ2n) is 5.60. The molecule has 6 heteroatoms. The summed E-state index contributed by atoms with van der Waals surface area (Å²) in [6.07, 6.45) is 0.758. The van der Waals surface area contributed by atoms with Gasteiger partial charge in [0.1, 0.15) is 6.04 Å². The smallest absolute Gasteiger partial charge is 0.249 e. The minimum Gasteiger partial charge on any atom is -0.348 e. The highest BCUT2D eigenvalue weighted by Crippen LogP contribution is 2.26. The zero-order valence-electron chi connectivity index (χ0n) is 12.9. The minimum atomic E-state index is -0.248. The van der Waals surface area contributed by atoms with Gasteiger partial charge in [0.2, 0.25) is 11.0 Å². The third-order valence-electron chi connectivity index (χ3n) is 4.03. The molecule has 4 rings (SSSR count). The highest BCUT2D eigenvalue weighted by Gasteiger charge is 2.33.